The number of primary amides is 1. The summed E-state index contributed by atoms with van der Waals surface area (Å²) in [5, 5.41) is 0. The topological polar surface area (TPSA) is 88.4 Å². The van der Waals surface area contributed by atoms with E-state index in [4.69, 9.17) is 10.5 Å². The minimum atomic E-state index is -0.656. The third kappa shape index (κ3) is 2.73. The number of carbonyl (C=O) groups is 1. The molecule has 1 aromatic heterocycles. The van der Waals surface area contributed by atoms with Crippen molar-refractivity contribution in [2.45, 2.75) is 43.9 Å². The van der Waals surface area contributed by atoms with E-state index in [1.54, 1.807) is 13.2 Å². The summed E-state index contributed by atoms with van der Waals surface area (Å²) in [6.45, 7) is 3.35. The standard InChI is InChI=1S/C25H29N3O3/c1-31-18-5-4-16-10-24-11-17-8-19(22(26)29)23(30)27-21(17)12-25(24,20(16)9-18)6-7-28(14-24)13-15-2-3-15/h4-5,8-9,15H,2-3,6-7,10-14H2,1H3,(H2,26,29)(H,27,30)/t24-,25-/m0/s1. The zero-order chi connectivity index (χ0) is 21.4. The maximum Gasteiger partial charge on any atom is 0.261 e. The van der Waals surface area contributed by atoms with Crippen LogP contribution in [-0.4, -0.2) is 42.5 Å². The van der Waals surface area contributed by atoms with Crippen LogP contribution in [0, 0.1) is 11.3 Å². The number of likely N-dealkylation sites (tertiary alicyclic amines) is 1. The normalized spacial score (nSPS) is 28.9. The highest BCUT2D eigenvalue weighted by Gasteiger charge is 2.61. The van der Waals surface area contributed by atoms with Crippen LogP contribution in [0.25, 0.3) is 0 Å². The molecule has 1 aliphatic heterocycles. The van der Waals surface area contributed by atoms with E-state index in [9.17, 15) is 9.59 Å². The van der Waals surface area contributed by atoms with Gasteiger partial charge in [-0.05, 0) is 85.9 Å². The Morgan fingerprint density at radius 2 is 2.03 bits per heavy atom. The molecule has 1 saturated carbocycles. The van der Waals surface area contributed by atoms with Crippen LogP contribution >= 0.6 is 0 Å². The second-order valence-electron chi connectivity index (χ2n) is 10.2. The summed E-state index contributed by atoms with van der Waals surface area (Å²) in [5.74, 6) is 1.10. The van der Waals surface area contributed by atoms with Crippen LogP contribution in [-0.2, 0) is 24.7 Å². The molecule has 6 heteroatoms. The van der Waals surface area contributed by atoms with Crippen molar-refractivity contribution in [3.8, 4) is 5.75 Å². The molecule has 0 radical (unpaired) electrons. The molecular weight excluding hydrogens is 390 g/mol. The van der Waals surface area contributed by atoms with Gasteiger partial charge in [-0.15, -0.1) is 0 Å². The Labute approximate surface area is 181 Å². The minimum absolute atomic E-state index is 0.0128. The largest absolute Gasteiger partial charge is 0.497 e. The second kappa shape index (κ2) is 6.45. The number of pyridine rings is 1. The molecular formula is C25H29N3O3. The summed E-state index contributed by atoms with van der Waals surface area (Å²) in [6, 6.07) is 8.29. The van der Waals surface area contributed by atoms with Gasteiger partial charge < -0.3 is 20.4 Å². The SMILES string of the molecule is COc1ccc2c(c1)[C@@]13CCN(CC4CC4)C[C@]1(C2)Cc1cc(C(N)=O)c(=O)[nH]c1C3. The molecule has 0 bridgehead atoms. The molecule has 6 nitrogen and oxygen atoms in total. The Kier molecular flexibility index (Phi) is 3.98. The molecule has 162 valence electrons. The van der Waals surface area contributed by atoms with E-state index in [1.165, 1.54) is 30.5 Å². The van der Waals surface area contributed by atoms with Gasteiger partial charge >= 0.3 is 0 Å². The monoisotopic (exact) mass is 419 g/mol. The summed E-state index contributed by atoms with van der Waals surface area (Å²) in [6.07, 6.45) is 6.48. The van der Waals surface area contributed by atoms with Gasteiger partial charge in [0.2, 0.25) is 0 Å². The predicted molar refractivity (Wildman–Crippen MR) is 118 cm³/mol. The highest BCUT2D eigenvalue weighted by Crippen LogP contribution is 2.62. The Balaban J connectivity index is 1.50. The second-order valence-corrected chi connectivity index (χ2v) is 10.2. The van der Waals surface area contributed by atoms with Crippen molar-refractivity contribution >= 4 is 5.91 Å². The van der Waals surface area contributed by atoms with Gasteiger partial charge in [-0.25, -0.2) is 0 Å². The number of ether oxygens (including phenoxy) is 1. The smallest absolute Gasteiger partial charge is 0.261 e. The quantitative estimate of drug-likeness (QED) is 0.795. The van der Waals surface area contributed by atoms with Crippen molar-refractivity contribution in [1.82, 2.24) is 9.88 Å². The van der Waals surface area contributed by atoms with Crippen molar-refractivity contribution in [3.05, 3.63) is 62.6 Å². The molecule has 2 fully saturated rings. The average Bonchev–Trinajstić information content (AvgIpc) is 3.51. The Morgan fingerprint density at radius 1 is 1.23 bits per heavy atom. The fourth-order valence-corrected chi connectivity index (χ4v) is 6.82. The number of benzene rings is 1. The molecule has 0 spiro atoms. The Morgan fingerprint density at radius 3 is 2.77 bits per heavy atom. The first-order valence-electron chi connectivity index (χ1n) is 11.4. The number of nitrogens with one attached hydrogen (secondary N) is 1. The Hall–Kier alpha value is -2.60. The first-order chi connectivity index (χ1) is 14.9. The fraction of sp³-hybridized carbons (Fsp3) is 0.520. The molecule has 1 aromatic carbocycles. The number of carbonyl (C=O) groups excluding carboxylic acids is 1. The lowest BCUT2D eigenvalue weighted by atomic mass is 9.52. The highest BCUT2D eigenvalue weighted by atomic mass is 16.5. The molecule has 0 unspecified atom stereocenters. The lowest BCUT2D eigenvalue weighted by Crippen LogP contribution is -2.60. The van der Waals surface area contributed by atoms with Gasteiger partial charge in [-0.2, -0.15) is 0 Å². The van der Waals surface area contributed by atoms with E-state index < -0.39 is 5.91 Å². The van der Waals surface area contributed by atoms with Crippen molar-refractivity contribution in [2.24, 2.45) is 17.1 Å². The number of hydrogen-bond donors (Lipinski definition) is 2. The predicted octanol–water partition coefficient (Wildman–Crippen LogP) is 2.18. The van der Waals surface area contributed by atoms with E-state index in [-0.39, 0.29) is 22.0 Å². The van der Waals surface area contributed by atoms with Crippen molar-refractivity contribution in [2.75, 3.05) is 26.7 Å². The summed E-state index contributed by atoms with van der Waals surface area (Å²) < 4.78 is 5.59. The molecule has 1 saturated heterocycles. The molecule has 2 aromatic rings. The van der Waals surface area contributed by atoms with Gasteiger partial charge in [0.05, 0.1) is 7.11 Å². The van der Waals surface area contributed by atoms with Gasteiger partial charge in [-0.1, -0.05) is 6.07 Å². The van der Waals surface area contributed by atoms with Gasteiger partial charge in [0.1, 0.15) is 11.3 Å². The third-order valence-electron chi connectivity index (χ3n) is 8.46. The van der Waals surface area contributed by atoms with Gasteiger partial charge in [-0.3, -0.25) is 9.59 Å². The van der Waals surface area contributed by atoms with Crippen LogP contribution in [0.3, 0.4) is 0 Å². The fourth-order valence-electron chi connectivity index (χ4n) is 6.82. The number of hydrogen-bond acceptors (Lipinski definition) is 4. The molecule has 1 amide bonds. The van der Waals surface area contributed by atoms with E-state index >= 15 is 0 Å². The minimum Gasteiger partial charge on any atom is -0.497 e. The lowest BCUT2D eigenvalue weighted by Gasteiger charge is -2.56. The first-order valence-corrected chi connectivity index (χ1v) is 11.4. The summed E-state index contributed by atoms with van der Waals surface area (Å²) in [5.41, 5.74) is 10.1. The van der Waals surface area contributed by atoms with Crippen LogP contribution in [0.15, 0.2) is 29.1 Å². The molecule has 3 N–H and O–H groups in total. The Bertz CT molecular complexity index is 1150. The van der Waals surface area contributed by atoms with Crippen molar-refractivity contribution < 1.29 is 9.53 Å². The van der Waals surface area contributed by atoms with Crippen molar-refractivity contribution in [3.63, 3.8) is 0 Å². The molecule has 2 atom stereocenters. The van der Waals surface area contributed by atoms with Crippen molar-refractivity contribution in [1.29, 1.82) is 0 Å². The summed E-state index contributed by atoms with van der Waals surface area (Å²) in [4.78, 5) is 30.0. The zero-order valence-electron chi connectivity index (χ0n) is 18.0. The molecule has 3 aliphatic carbocycles. The van der Waals surface area contributed by atoms with Crippen LogP contribution in [0.5, 0.6) is 5.75 Å². The van der Waals surface area contributed by atoms with E-state index in [1.807, 2.05) is 0 Å². The van der Waals surface area contributed by atoms with Gasteiger partial charge in [0.25, 0.3) is 11.5 Å². The third-order valence-corrected chi connectivity index (χ3v) is 8.46. The number of nitrogens with two attached hydrogens (primary N) is 1. The number of methoxy groups -OCH3 is 1. The summed E-state index contributed by atoms with van der Waals surface area (Å²) >= 11 is 0. The lowest BCUT2D eigenvalue weighted by molar-refractivity contribution is 0.00114. The number of piperidine rings is 1. The number of aromatic nitrogens is 1. The number of nitrogens with zero attached hydrogens (tertiary/aromatic N) is 1. The first kappa shape index (κ1) is 19.1. The molecule has 6 rings (SSSR count). The number of fused-ring (bicyclic) bond motifs is 2. The number of aromatic amines is 1. The van der Waals surface area contributed by atoms with E-state index in [2.05, 4.69) is 28.1 Å². The van der Waals surface area contributed by atoms with Gasteiger partial charge in [0.15, 0.2) is 0 Å². The number of amides is 1. The number of H-pyrrole nitrogens is 1. The van der Waals surface area contributed by atoms with Crippen LogP contribution < -0.4 is 16.0 Å². The molecule has 31 heavy (non-hydrogen) atoms. The van der Waals surface area contributed by atoms with Crippen LogP contribution in [0.4, 0.5) is 0 Å². The molecule has 2 heterocycles. The molecule has 4 aliphatic rings. The number of rotatable bonds is 4. The van der Waals surface area contributed by atoms with E-state index in [0.29, 0.717) is 0 Å². The zero-order valence-corrected chi connectivity index (χ0v) is 18.0. The van der Waals surface area contributed by atoms with E-state index in [0.717, 1.165) is 61.7 Å². The maximum atomic E-state index is 12.5. The highest BCUT2D eigenvalue weighted by molar-refractivity contribution is 5.92. The summed E-state index contributed by atoms with van der Waals surface area (Å²) in [7, 11) is 1.72. The van der Waals surface area contributed by atoms with Gasteiger partial charge in [0, 0.05) is 29.6 Å². The van der Waals surface area contributed by atoms with Crippen LogP contribution in [0.1, 0.15) is 52.0 Å². The van der Waals surface area contributed by atoms with Crippen LogP contribution in [0.2, 0.25) is 0 Å². The maximum absolute atomic E-state index is 12.5. The average molecular weight is 420 g/mol.